The highest BCUT2D eigenvalue weighted by Gasteiger charge is 2.25. The van der Waals surface area contributed by atoms with Crippen molar-refractivity contribution in [2.24, 2.45) is 5.92 Å². The third kappa shape index (κ3) is 3.78. The van der Waals surface area contributed by atoms with Gasteiger partial charge in [-0.15, -0.1) is 0 Å². The molecule has 102 valence electrons. The normalized spacial score (nSPS) is 24.3. The monoisotopic (exact) mass is 254 g/mol. The summed E-state index contributed by atoms with van der Waals surface area (Å²) in [6.45, 7) is 3.30. The van der Waals surface area contributed by atoms with Crippen molar-refractivity contribution in [3.8, 4) is 0 Å². The van der Waals surface area contributed by atoms with Crippen molar-refractivity contribution in [1.29, 1.82) is 0 Å². The number of rotatable bonds is 6. The van der Waals surface area contributed by atoms with E-state index in [9.17, 15) is 5.11 Å². The van der Waals surface area contributed by atoms with Gasteiger partial charge in [-0.25, -0.2) is 0 Å². The fraction of sp³-hybridized carbons (Fsp3) is 0.846. The van der Waals surface area contributed by atoms with Crippen LogP contribution in [-0.2, 0) is 17.6 Å². The molecular weight excluding hydrogens is 232 g/mol. The molecule has 0 bridgehead atoms. The first-order valence-corrected chi connectivity index (χ1v) is 6.87. The van der Waals surface area contributed by atoms with Gasteiger partial charge in [0, 0.05) is 19.4 Å². The number of aliphatic hydroxyl groups excluding tert-OH is 1. The molecule has 5 heteroatoms. The van der Waals surface area contributed by atoms with Gasteiger partial charge in [-0.2, -0.15) is 4.98 Å². The lowest BCUT2D eigenvalue weighted by molar-refractivity contribution is 0.0657. The van der Waals surface area contributed by atoms with Crippen molar-refractivity contribution < 1.29 is 14.4 Å². The largest absolute Gasteiger partial charge is 0.393 e. The highest BCUT2D eigenvalue weighted by Crippen LogP contribution is 2.26. The second kappa shape index (κ2) is 6.85. The highest BCUT2D eigenvalue weighted by molar-refractivity contribution is 4.90. The minimum Gasteiger partial charge on any atom is -0.393 e. The van der Waals surface area contributed by atoms with Gasteiger partial charge < -0.3 is 14.4 Å². The average molecular weight is 254 g/mol. The molecule has 0 saturated heterocycles. The molecule has 0 spiro atoms. The predicted molar refractivity (Wildman–Crippen MR) is 66.2 cm³/mol. The second-order valence-electron chi connectivity index (χ2n) is 4.87. The summed E-state index contributed by atoms with van der Waals surface area (Å²) in [5, 5.41) is 13.8. The van der Waals surface area contributed by atoms with E-state index < -0.39 is 0 Å². The molecule has 1 saturated carbocycles. The van der Waals surface area contributed by atoms with Crippen molar-refractivity contribution in [2.45, 2.75) is 51.6 Å². The van der Waals surface area contributed by atoms with E-state index in [2.05, 4.69) is 10.1 Å². The van der Waals surface area contributed by atoms with Crippen LogP contribution in [0.1, 0.15) is 44.3 Å². The first kappa shape index (κ1) is 13.5. The summed E-state index contributed by atoms with van der Waals surface area (Å²) in [6.07, 6.45) is 5.44. The third-order valence-electron chi connectivity index (χ3n) is 3.49. The van der Waals surface area contributed by atoms with Gasteiger partial charge in [0.15, 0.2) is 5.82 Å². The Bertz CT molecular complexity index is 354. The van der Waals surface area contributed by atoms with Gasteiger partial charge in [-0.3, -0.25) is 0 Å². The Morgan fingerprint density at radius 1 is 1.39 bits per heavy atom. The van der Waals surface area contributed by atoms with E-state index in [4.69, 9.17) is 9.26 Å². The van der Waals surface area contributed by atoms with E-state index in [-0.39, 0.29) is 12.0 Å². The van der Waals surface area contributed by atoms with Gasteiger partial charge in [0.1, 0.15) is 0 Å². The number of aliphatic hydroxyl groups is 1. The molecular formula is C13H22N2O3. The summed E-state index contributed by atoms with van der Waals surface area (Å²) in [5.41, 5.74) is 0. The zero-order valence-corrected chi connectivity index (χ0v) is 11.0. The molecule has 2 rings (SSSR count). The fourth-order valence-corrected chi connectivity index (χ4v) is 2.43. The maximum atomic E-state index is 9.90. The number of hydrogen-bond acceptors (Lipinski definition) is 5. The Hall–Kier alpha value is -0.940. The van der Waals surface area contributed by atoms with Crippen LogP contribution in [0.4, 0.5) is 0 Å². The number of nitrogens with zero attached hydrogens (tertiary/aromatic N) is 2. The van der Waals surface area contributed by atoms with E-state index in [0.29, 0.717) is 37.8 Å². The Balaban J connectivity index is 1.82. The summed E-state index contributed by atoms with van der Waals surface area (Å²) >= 11 is 0. The first-order chi connectivity index (χ1) is 8.79. The zero-order valence-electron chi connectivity index (χ0n) is 11.0. The number of aromatic nitrogens is 2. The Morgan fingerprint density at radius 2 is 2.22 bits per heavy atom. The average Bonchev–Trinajstić information content (AvgIpc) is 2.80. The molecule has 2 atom stereocenters. The van der Waals surface area contributed by atoms with Gasteiger partial charge in [-0.05, 0) is 25.7 Å². The Labute approximate surface area is 108 Å². The van der Waals surface area contributed by atoms with Crippen molar-refractivity contribution in [2.75, 3.05) is 13.2 Å². The van der Waals surface area contributed by atoms with Crippen LogP contribution >= 0.6 is 0 Å². The summed E-state index contributed by atoms with van der Waals surface area (Å²) in [4.78, 5) is 4.34. The van der Waals surface area contributed by atoms with Crippen molar-refractivity contribution in [3.05, 3.63) is 11.7 Å². The third-order valence-corrected chi connectivity index (χ3v) is 3.49. The Morgan fingerprint density at radius 3 is 3.00 bits per heavy atom. The number of hydrogen-bond donors (Lipinski definition) is 1. The molecule has 2 unspecified atom stereocenters. The molecule has 1 aromatic heterocycles. The van der Waals surface area contributed by atoms with Crippen LogP contribution in [0.25, 0.3) is 0 Å². The zero-order chi connectivity index (χ0) is 12.8. The van der Waals surface area contributed by atoms with Gasteiger partial charge >= 0.3 is 0 Å². The number of ether oxygens (including phenoxy) is 1. The molecule has 1 aliphatic rings. The molecule has 1 aliphatic carbocycles. The van der Waals surface area contributed by atoms with Gasteiger partial charge in [0.25, 0.3) is 0 Å². The summed E-state index contributed by atoms with van der Waals surface area (Å²) in [6, 6.07) is 0. The standard InChI is InChI=1S/C13H22N2O3/c1-2-17-8-7-12-14-13(18-15-12)9-10-5-3-4-6-11(10)16/h10-11,16H,2-9H2,1H3. The second-order valence-corrected chi connectivity index (χ2v) is 4.87. The van der Waals surface area contributed by atoms with Crippen molar-refractivity contribution in [1.82, 2.24) is 10.1 Å². The topological polar surface area (TPSA) is 68.4 Å². The molecule has 1 aromatic rings. The lowest BCUT2D eigenvalue weighted by atomic mass is 9.84. The van der Waals surface area contributed by atoms with Crippen LogP contribution < -0.4 is 0 Å². The smallest absolute Gasteiger partial charge is 0.227 e. The van der Waals surface area contributed by atoms with Crippen LogP contribution in [0.5, 0.6) is 0 Å². The molecule has 1 N–H and O–H groups in total. The van der Waals surface area contributed by atoms with Crippen LogP contribution in [0.3, 0.4) is 0 Å². The summed E-state index contributed by atoms with van der Waals surface area (Å²) in [7, 11) is 0. The van der Waals surface area contributed by atoms with Gasteiger partial charge in [-0.1, -0.05) is 18.0 Å². The summed E-state index contributed by atoms with van der Waals surface area (Å²) in [5.74, 6) is 1.62. The highest BCUT2D eigenvalue weighted by atomic mass is 16.5. The van der Waals surface area contributed by atoms with Crippen LogP contribution in [0, 0.1) is 5.92 Å². The molecule has 5 nitrogen and oxygen atoms in total. The molecule has 0 amide bonds. The van der Waals surface area contributed by atoms with E-state index in [1.165, 1.54) is 6.42 Å². The Kier molecular flexibility index (Phi) is 5.13. The first-order valence-electron chi connectivity index (χ1n) is 6.87. The van der Waals surface area contributed by atoms with Gasteiger partial charge in [0.05, 0.1) is 12.7 Å². The molecule has 0 radical (unpaired) electrons. The minimum absolute atomic E-state index is 0.211. The SMILES string of the molecule is CCOCCc1noc(CC2CCCCC2O)n1. The summed E-state index contributed by atoms with van der Waals surface area (Å²) < 4.78 is 10.5. The van der Waals surface area contributed by atoms with Crippen LogP contribution in [0.15, 0.2) is 4.52 Å². The van der Waals surface area contributed by atoms with Crippen LogP contribution in [0.2, 0.25) is 0 Å². The van der Waals surface area contributed by atoms with E-state index >= 15 is 0 Å². The fourth-order valence-electron chi connectivity index (χ4n) is 2.43. The molecule has 1 heterocycles. The molecule has 18 heavy (non-hydrogen) atoms. The lowest BCUT2D eigenvalue weighted by Gasteiger charge is -2.26. The molecule has 1 fully saturated rings. The van der Waals surface area contributed by atoms with E-state index in [0.717, 1.165) is 19.3 Å². The van der Waals surface area contributed by atoms with Crippen LogP contribution in [-0.4, -0.2) is 34.6 Å². The quantitative estimate of drug-likeness (QED) is 0.783. The maximum absolute atomic E-state index is 9.90. The lowest BCUT2D eigenvalue weighted by Crippen LogP contribution is -2.26. The van der Waals surface area contributed by atoms with E-state index in [1.54, 1.807) is 0 Å². The minimum atomic E-state index is -0.211. The van der Waals surface area contributed by atoms with Crippen molar-refractivity contribution in [3.63, 3.8) is 0 Å². The molecule has 0 aliphatic heterocycles. The van der Waals surface area contributed by atoms with Gasteiger partial charge in [0.2, 0.25) is 5.89 Å². The van der Waals surface area contributed by atoms with E-state index in [1.807, 2.05) is 6.92 Å². The predicted octanol–water partition coefficient (Wildman–Crippen LogP) is 1.74. The van der Waals surface area contributed by atoms with Crippen molar-refractivity contribution >= 4 is 0 Å². The maximum Gasteiger partial charge on any atom is 0.227 e. The molecule has 0 aromatic carbocycles.